The number of nitrogens with one attached hydrogen (secondary N) is 2. The molecular formula is C17H16N2O2. The van der Waals surface area contributed by atoms with Crippen molar-refractivity contribution in [3.63, 3.8) is 0 Å². The van der Waals surface area contributed by atoms with Crippen LogP contribution in [-0.2, 0) is 0 Å². The standard InChI is InChI=1S/C17H16N2O2/c20-17-15-9-5-4-6-13(15)12-16(19-17)18-10-11-21-14-7-2-1-3-8-14/h1-9,12H,10-11H2,(H2,18,19,20). The Hall–Kier alpha value is -2.75. The van der Waals surface area contributed by atoms with E-state index in [1.807, 2.05) is 60.7 Å². The molecule has 0 atom stereocenters. The number of rotatable bonds is 5. The van der Waals surface area contributed by atoms with Gasteiger partial charge < -0.3 is 15.0 Å². The fourth-order valence-electron chi connectivity index (χ4n) is 2.18. The number of para-hydroxylation sites is 1. The van der Waals surface area contributed by atoms with Crippen molar-refractivity contribution in [2.45, 2.75) is 0 Å². The summed E-state index contributed by atoms with van der Waals surface area (Å²) in [7, 11) is 0. The van der Waals surface area contributed by atoms with Gasteiger partial charge in [-0.2, -0.15) is 0 Å². The van der Waals surface area contributed by atoms with Crippen LogP contribution >= 0.6 is 0 Å². The normalized spacial score (nSPS) is 10.5. The fraction of sp³-hybridized carbons (Fsp3) is 0.118. The molecule has 0 fully saturated rings. The van der Waals surface area contributed by atoms with E-state index in [-0.39, 0.29) is 5.56 Å². The van der Waals surface area contributed by atoms with Gasteiger partial charge in [-0.1, -0.05) is 36.4 Å². The van der Waals surface area contributed by atoms with E-state index in [9.17, 15) is 4.79 Å². The van der Waals surface area contributed by atoms with Gasteiger partial charge in [-0.25, -0.2) is 0 Å². The maximum atomic E-state index is 11.9. The molecule has 3 aromatic rings. The Morgan fingerprint density at radius 3 is 2.62 bits per heavy atom. The first kappa shape index (κ1) is 13.2. The summed E-state index contributed by atoms with van der Waals surface area (Å²) in [5, 5.41) is 4.79. The van der Waals surface area contributed by atoms with Crippen LogP contribution in [0, 0.1) is 0 Å². The Balaban J connectivity index is 1.62. The number of hydrogen-bond acceptors (Lipinski definition) is 3. The van der Waals surface area contributed by atoms with Gasteiger partial charge in [-0.15, -0.1) is 0 Å². The lowest BCUT2D eigenvalue weighted by atomic mass is 10.2. The van der Waals surface area contributed by atoms with Crippen molar-refractivity contribution in [2.24, 2.45) is 0 Å². The summed E-state index contributed by atoms with van der Waals surface area (Å²) >= 11 is 0. The molecule has 0 saturated heterocycles. The third-order valence-electron chi connectivity index (χ3n) is 3.18. The molecule has 0 saturated carbocycles. The first-order valence-corrected chi connectivity index (χ1v) is 6.87. The predicted molar refractivity (Wildman–Crippen MR) is 85.0 cm³/mol. The summed E-state index contributed by atoms with van der Waals surface area (Å²) in [5.41, 5.74) is -0.0837. The number of H-pyrrole nitrogens is 1. The lowest BCUT2D eigenvalue weighted by Gasteiger charge is -2.09. The second kappa shape index (κ2) is 6.13. The van der Waals surface area contributed by atoms with Gasteiger partial charge in [0.05, 0.1) is 6.54 Å². The number of fused-ring (bicyclic) bond motifs is 1. The van der Waals surface area contributed by atoms with Crippen LogP contribution in [0.2, 0.25) is 0 Å². The summed E-state index contributed by atoms with van der Waals surface area (Å²) in [5.74, 6) is 1.54. The maximum absolute atomic E-state index is 11.9. The molecule has 2 N–H and O–H groups in total. The molecule has 0 amide bonds. The zero-order valence-corrected chi connectivity index (χ0v) is 11.5. The molecule has 0 aliphatic rings. The third kappa shape index (κ3) is 3.23. The van der Waals surface area contributed by atoms with Gasteiger partial charge in [0.15, 0.2) is 0 Å². The second-order valence-corrected chi connectivity index (χ2v) is 4.69. The molecule has 1 aromatic heterocycles. The SMILES string of the molecule is O=c1[nH]c(NCCOc2ccccc2)cc2ccccc12. The Bertz CT molecular complexity index is 781. The van der Waals surface area contributed by atoms with Crippen LogP contribution < -0.4 is 15.6 Å². The fourth-order valence-corrected chi connectivity index (χ4v) is 2.18. The van der Waals surface area contributed by atoms with E-state index in [0.717, 1.165) is 11.1 Å². The largest absolute Gasteiger partial charge is 0.492 e. The molecule has 0 aliphatic carbocycles. The topological polar surface area (TPSA) is 54.1 Å². The highest BCUT2D eigenvalue weighted by atomic mass is 16.5. The van der Waals surface area contributed by atoms with Gasteiger partial charge >= 0.3 is 0 Å². The van der Waals surface area contributed by atoms with E-state index in [4.69, 9.17) is 4.74 Å². The monoisotopic (exact) mass is 280 g/mol. The van der Waals surface area contributed by atoms with Gasteiger partial charge in [0.2, 0.25) is 0 Å². The number of hydrogen-bond donors (Lipinski definition) is 2. The van der Waals surface area contributed by atoms with Crippen LogP contribution in [0.4, 0.5) is 5.82 Å². The summed E-state index contributed by atoms with van der Waals surface area (Å²) in [6.45, 7) is 1.14. The minimum absolute atomic E-state index is 0.0837. The van der Waals surface area contributed by atoms with Crippen molar-refractivity contribution < 1.29 is 4.74 Å². The smallest absolute Gasteiger partial charge is 0.257 e. The first-order chi connectivity index (χ1) is 10.3. The third-order valence-corrected chi connectivity index (χ3v) is 3.18. The molecule has 106 valence electrons. The van der Waals surface area contributed by atoms with Crippen molar-refractivity contribution in [1.82, 2.24) is 4.98 Å². The Morgan fingerprint density at radius 1 is 1.00 bits per heavy atom. The molecular weight excluding hydrogens is 264 g/mol. The molecule has 3 rings (SSSR count). The average molecular weight is 280 g/mol. The number of anilines is 1. The average Bonchev–Trinajstić information content (AvgIpc) is 2.53. The number of aromatic amines is 1. The van der Waals surface area contributed by atoms with Crippen molar-refractivity contribution in [3.05, 3.63) is 71.0 Å². The zero-order chi connectivity index (χ0) is 14.5. The first-order valence-electron chi connectivity index (χ1n) is 6.87. The van der Waals surface area contributed by atoms with Gasteiger partial charge in [-0.05, 0) is 29.7 Å². The zero-order valence-electron chi connectivity index (χ0n) is 11.5. The molecule has 4 nitrogen and oxygen atoms in total. The molecule has 0 bridgehead atoms. The van der Waals surface area contributed by atoms with Crippen LogP contribution in [0.25, 0.3) is 10.8 Å². The van der Waals surface area contributed by atoms with E-state index in [1.54, 1.807) is 0 Å². The number of ether oxygens (including phenoxy) is 1. The van der Waals surface area contributed by atoms with Crippen LogP contribution in [0.1, 0.15) is 0 Å². The Labute approximate surface area is 122 Å². The minimum atomic E-state index is -0.0837. The highest BCUT2D eigenvalue weighted by Gasteiger charge is 2.00. The van der Waals surface area contributed by atoms with E-state index in [0.29, 0.717) is 24.4 Å². The lowest BCUT2D eigenvalue weighted by Crippen LogP contribution is -2.15. The van der Waals surface area contributed by atoms with Gasteiger partial charge in [0, 0.05) is 5.39 Å². The van der Waals surface area contributed by atoms with Crippen molar-refractivity contribution in [2.75, 3.05) is 18.5 Å². The summed E-state index contributed by atoms with van der Waals surface area (Å²) < 4.78 is 5.59. The van der Waals surface area contributed by atoms with Gasteiger partial charge in [-0.3, -0.25) is 4.79 Å². The van der Waals surface area contributed by atoms with Crippen molar-refractivity contribution in [1.29, 1.82) is 0 Å². The quantitative estimate of drug-likeness (QED) is 0.706. The van der Waals surface area contributed by atoms with E-state index >= 15 is 0 Å². The molecule has 0 aliphatic heterocycles. The molecule has 0 radical (unpaired) electrons. The molecule has 2 aromatic carbocycles. The summed E-state index contributed by atoms with van der Waals surface area (Å²) in [6, 6.07) is 19.1. The van der Waals surface area contributed by atoms with Crippen molar-refractivity contribution >= 4 is 16.6 Å². The molecule has 1 heterocycles. The number of benzene rings is 2. The summed E-state index contributed by atoms with van der Waals surface area (Å²) in [6.07, 6.45) is 0. The lowest BCUT2D eigenvalue weighted by molar-refractivity contribution is 0.333. The highest BCUT2D eigenvalue weighted by molar-refractivity contribution is 5.83. The Kier molecular flexibility index (Phi) is 3.87. The van der Waals surface area contributed by atoms with Crippen LogP contribution in [0.15, 0.2) is 65.5 Å². The molecule has 21 heavy (non-hydrogen) atoms. The summed E-state index contributed by atoms with van der Waals surface area (Å²) in [4.78, 5) is 14.8. The molecule has 0 spiro atoms. The van der Waals surface area contributed by atoms with Crippen LogP contribution in [-0.4, -0.2) is 18.1 Å². The van der Waals surface area contributed by atoms with E-state index in [1.165, 1.54) is 0 Å². The minimum Gasteiger partial charge on any atom is -0.492 e. The van der Waals surface area contributed by atoms with Crippen molar-refractivity contribution in [3.8, 4) is 5.75 Å². The number of pyridine rings is 1. The van der Waals surface area contributed by atoms with Gasteiger partial charge in [0.25, 0.3) is 5.56 Å². The van der Waals surface area contributed by atoms with E-state index in [2.05, 4.69) is 10.3 Å². The van der Waals surface area contributed by atoms with Crippen LogP contribution in [0.5, 0.6) is 5.75 Å². The second-order valence-electron chi connectivity index (χ2n) is 4.69. The van der Waals surface area contributed by atoms with Gasteiger partial charge in [0.1, 0.15) is 18.2 Å². The predicted octanol–water partition coefficient (Wildman–Crippen LogP) is 3.02. The number of aromatic nitrogens is 1. The van der Waals surface area contributed by atoms with Crippen LogP contribution in [0.3, 0.4) is 0 Å². The molecule has 4 heteroatoms. The molecule has 0 unspecified atom stereocenters. The highest BCUT2D eigenvalue weighted by Crippen LogP contribution is 2.12. The Morgan fingerprint density at radius 2 is 1.76 bits per heavy atom. The maximum Gasteiger partial charge on any atom is 0.257 e. The van der Waals surface area contributed by atoms with E-state index < -0.39 is 0 Å².